The van der Waals surface area contributed by atoms with Crippen LogP contribution in [0, 0.1) is 18.2 Å². The normalized spacial score (nSPS) is 11.8. The fraction of sp³-hybridized carbons (Fsp3) is 0.571. The van der Waals surface area contributed by atoms with E-state index in [1.807, 2.05) is 13.8 Å². The Bertz CT molecular complexity index is 359. The van der Waals surface area contributed by atoms with E-state index in [0.29, 0.717) is 6.42 Å². The Morgan fingerprint density at radius 3 is 2.41 bits per heavy atom. The minimum atomic E-state index is -0.534. The number of aliphatic hydroxyl groups is 2. The van der Waals surface area contributed by atoms with Crippen molar-refractivity contribution in [2.24, 2.45) is 5.41 Å². The molecule has 0 heterocycles. The fourth-order valence-electron chi connectivity index (χ4n) is 2.17. The summed E-state index contributed by atoms with van der Waals surface area (Å²) in [5.74, 6) is -0.271. The lowest BCUT2D eigenvalue weighted by atomic mass is 9.78. The van der Waals surface area contributed by atoms with E-state index >= 15 is 0 Å². The van der Waals surface area contributed by atoms with Gasteiger partial charge in [-0.2, -0.15) is 0 Å². The average Bonchev–Trinajstić information content (AvgIpc) is 2.33. The third-order valence-corrected chi connectivity index (χ3v) is 3.33. The zero-order valence-corrected chi connectivity index (χ0v) is 10.5. The Morgan fingerprint density at radius 2 is 1.88 bits per heavy atom. The van der Waals surface area contributed by atoms with Crippen molar-refractivity contribution in [1.29, 1.82) is 0 Å². The lowest BCUT2D eigenvalue weighted by Gasteiger charge is -2.30. The number of halogens is 1. The molecule has 3 heteroatoms. The third kappa shape index (κ3) is 3.51. The lowest BCUT2D eigenvalue weighted by Crippen LogP contribution is -2.32. The van der Waals surface area contributed by atoms with E-state index in [1.54, 1.807) is 6.07 Å². The van der Waals surface area contributed by atoms with E-state index in [-0.39, 0.29) is 19.0 Å². The Kier molecular flexibility index (Phi) is 5.09. The molecule has 0 fully saturated rings. The van der Waals surface area contributed by atoms with Gasteiger partial charge in [-0.25, -0.2) is 4.39 Å². The number of hydrogen-bond acceptors (Lipinski definition) is 2. The van der Waals surface area contributed by atoms with E-state index in [4.69, 9.17) is 0 Å². The highest BCUT2D eigenvalue weighted by Crippen LogP contribution is 2.29. The van der Waals surface area contributed by atoms with Gasteiger partial charge in [0.25, 0.3) is 0 Å². The van der Waals surface area contributed by atoms with Crippen molar-refractivity contribution < 1.29 is 14.6 Å². The van der Waals surface area contributed by atoms with Crippen molar-refractivity contribution in [1.82, 2.24) is 0 Å². The molecular weight excluding hydrogens is 219 g/mol. The first kappa shape index (κ1) is 14.1. The van der Waals surface area contributed by atoms with Crippen molar-refractivity contribution >= 4 is 0 Å². The van der Waals surface area contributed by atoms with Crippen LogP contribution >= 0.6 is 0 Å². The van der Waals surface area contributed by atoms with Crippen molar-refractivity contribution in [2.45, 2.75) is 33.1 Å². The second kappa shape index (κ2) is 6.12. The molecule has 2 N–H and O–H groups in total. The van der Waals surface area contributed by atoms with Crippen LogP contribution in [-0.2, 0) is 6.42 Å². The quantitative estimate of drug-likeness (QED) is 0.802. The van der Waals surface area contributed by atoms with Crippen LogP contribution in [0.3, 0.4) is 0 Å². The molecule has 0 saturated carbocycles. The maximum absolute atomic E-state index is 13.2. The molecule has 0 radical (unpaired) electrons. The number of aryl methyl sites for hydroxylation is 1. The summed E-state index contributed by atoms with van der Waals surface area (Å²) < 4.78 is 13.2. The standard InChI is InChI=1S/C14H21FO2/c1-3-6-14(9-16,10-17)8-12-7-13(15)5-4-11(12)2/h4-5,7,16-17H,3,6,8-10H2,1-2H3. The Hall–Kier alpha value is -0.930. The van der Waals surface area contributed by atoms with E-state index in [2.05, 4.69) is 0 Å². The molecule has 1 aromatic carbocycles. The number of rotatable bonds is 6. The summed E-state index contributed by atoms with van der Waals surface area (Å²) in [6, 6.07) is 4.65. The second-order valence-corrected chi connectivity index (χ2v) is 4.81. The van der Waals surface area contributed by atoms with Crippen LogP contribution in [0.25, 0.3) is 0 Å². The summed E-state index contributed by atoms with van der Waals surface area (Å²) in [6.45, 7) is 3.78. The number of aliphatic hydroxyl groups excluding tert-OH is 2. The molecule has 0 saturated heterocycles. The topological polar surface area (TPSA) is 40.5 Å². The van der Waals surface area contributed by atoms with Crippen LogP contribution < -0.4 is 0 Å². The molecule has 0 atom stereocenters. The predicted octanol–water partition coefficient (Wildman–Crippen LogP) is 2.45. The van der Waals surface area contributed by atoms with Gasteiger partial charge < -0.3 is 10.2 Å². The molecule has 0 aliphatic heterocycles. The van der Waals surface area contributed by atoms with E-state index in [1.165, 1.54) is 12.1 Å². The van der Waals surface area contributed by atoms with Gasteiger partial charge in [-0.3, -0.25) is 0 Å². The van der Waals surface area contributed by atoms with Crippen molar-refractivity contribution in [3.05, 3.63) is 35.1 Å². The van der Waals surface area contributed by atoms with Crippen LogP contribution in [0.1, 0.15) is 30.9 Å². The molecule has 1 rings (SSSR count). The molecule has 0 unspecified atom stereocenters. The van der Waals surface area contributed by atoms with Gasteiger partial charge in [-0.05, 0) is 43.0 Å². The molecule has 0 aliphatic carbocycles. The Labute approximate surface area is 102 Å². The minimum absolute atomic E-state index is 0.0761. The number of hydrogen-bond donors (Lipinski definition) is 2. The van der Waals surface area contributed by atoms with E-state index < -0.39 is 5.41 Å². The molecule has 1 aromatic rings. The summed E-state index contributed by atoms with van der Waals surface area (Å²) in [6.07, 6.45) is 2.13. The van der Waals surface area contributed by atoms with Crippen LogP contribution in [0.5, 0.6) is 0 Å². The minimum Gasteiger partial charge on any atom is -0.396 e. The molecule has 17 heavy (non-hydrogen) atoms. The van der Waals surface area contributed by atoms with Gasteiger partial charge in [0.1, 0.15) is 5.82 Å². The second-order valence-electron chi connectivity index (χ2n) is 4.81. The molecule has 0 spiro atoms. The summed E-state index contributed by atoms with van der Waals surface area (Å²) in [5, 5.41) is 19.0. The average molecular weight is 240 g/mol. The van der Waals surface area contributed by atoms with E-state index in [9.17, 15) is 14.6 Å². The molecule has 0 bridgehead atoms. The van der Waals surface area contributed by atoms with Gasteiger partial charge in [0, 0.05) is 5.41 Å². The molecular formula is C14H21FO2. The maximum Gasteiger partial charge on any atom is 0.123 e. The maximum atomic E-state index is 13.2. The Balaban J connectivity index is 2.96. The van der Waals surface area contributed by atoms with Gasteiger partial charge in [0.15, 0.2) is 0 Å². The first-order chi connectivity index (χ1) is 8.06. The van der Waals surface area contributed by atoms with Crippen molar-refractivity contribution in [3.63, 3.8) is 0 Å². The van der Waals surface area contributed by atoms with Crippen LogP contribution in [0.2, 0.25) is 0 Å². The zero-order valence-electron chi connectivity index (χ0n) is 10.5. The molecule has 0 amide bonds. The highest BCUT2D eigenvalue weighted by Gasteiger charge is 2.28. The fourth-order valence-corrected chi connectivity index (χ4v) is 2.17. The summed E-state index contributed by atoms with van der Waals surface area (Å²) in [4.78, 5) is 0. The lowest BCUT2D eigenvalue weighted by molar-refractivity contribution is 0.0464. The molecule has 0 aliphatic rings. The summed E-state index contributed by atoms with van der Waals surface area (Å²) in [5.41, 5.74) is 1.32. The van der Waals surface area contributed by atoms with Crippen molar-refractivity contribution in [3.8, 4) is 0 Å². The van der Waals surface area contributed by atoms with Gasteiger partial charge in [-0.15, -0.1) is 0 Å². The highest BCUT2D eigenvalue weighted by molar-refractivity contribution is 5.27. The summed E-state index contributed by atoms with van der Waals surface area (Å²) >= 11 is 0. The van der Waals surface area contributed by atoms with Gasteiger partial charge in [0.2, 0.25) is 0 Å². The zero-order chi connectivity index (χ0) is 12.9. The smallest absolute Gasteiger partial charge is 0.123 e. The first-order valence-corrected chi connectivity index (χ1v) is 6.03. The van der Waals surface area contributed by atoms with Gasteiger partial charge in [-0.1, -0.05) is 19.4 Å². The van der Waals surface area contributed by atoms with E-state index in [0.717, 1.165) is 24.0 Å². The van der Waals surface area contributed by atoms with Crippen molar-refractivity contribution in [2.75, 3.05) is 13.2 Å². The highest BCUT2D eigenvalue weighted by atomic mass is 19.1. The molecule has 0 aromatic heterocycles. The van der Waals surface area contributed by atoms with Gasteiger partial charge in [0.05, 0.1) is 13.2 Å². The third-order valence-electron chi connectivity index (χ3n) is 3.33. The predicted molar refractivity (Wildman–Crippen MR) is 66.4 cm³/mol. The van der Waals surface area contributed by atoms with Crippen LogP contribution in [0.4, 0.5) is 4.39 Å². The molecule has 96 valence electrons. The SMILES string of the molecule is CCCC(CO)(CO)Cc1cc(F)ccc1C. The summed E-state index contributed by atoms with van der Waals surface area (Å²) in [7, 11) is 0. The van der Waals surface area contributed by atoms with Gasteiger partial charge >= 0.3 is 0 Å². The monoisotopic (exact) mass is 240 g/mol. The first-order valence-electron chi connectivity index (χ1n) is 6.03. The number of benzene rings is 1. The van der Waals surface area contributed by atoms with Crippen LogP contribution in [0.15, 0.2) is 18.2 Å². The largest absolute Gasteiger partial charge is 0.396 e. The molecule has 2 nitrogen and oxygen atoms in total. The van der Waals surface area contributed by atoms with Crippen LogP contribution in [-0.4, -0.2) is 23.4 Å². The Morgan fingerprint density at radius 1 is 1.24 bits per heavy atom.